The molecule has 94 valence electrons. The Bertz CT molecular complexity index is 543. The number of nitrogen functional groups attached to an aromatic ring is 1. The third-order valence-corrected chi connectivity index (χ3v) is 3.62. The van der Waals surface area contributed by atoms with E-state index in [1.807, 2.05) is 30.3 Å². The molecule has 0 aromatic heterocycles. The Balaban J connectivity index is 2.10. The molecular formula is C14H15NO2S. The van der Waals surface area contributed by atoms with Crippen molar-refractivity contribution < 1.29 is 9.84 Å². The summed E-state index contributed by atoms with van der Waals surface area (Å²) in [6.45, 7) is 0. The van der Waals surface area contributed by atoms with E-state index in [0.29, 0.717) is 5.69 Å². The molecule has 0 unspecified atom stereocenters. The summed E-state index contributed by atoms with van der Waals surface area (Å²) in [5.74, 6) is 1.84. The van der Waals surface area contributed by atoms with Gasteiger partial charge in [-0.05, 0) is 29.8 Å². The predicted octanol–water partition coefficient (Wildman–Crippen LogP) is 3.28. The highest BCUT2D eigenvalue weighted by molar-refractivity contribution is 7.98. The number of nitrogens with two attached hydrogens (primary N) is 1. The molecule has 0 aliphatic rings. The molecule has 4 heteroatoms. The Morgan fingerprint density at radius 2 is 2.06 bits per heavy atom. The number of thioether (sulfide) groups is 1. The molecule has 3 nitrogen and oxygen atoms in total. The smallest absolute Gasteiger partial charge is 0.134 e. The van der Waals surface area contributed by atoms with Crippen molar-refractivity contribution in [2.45, 2.75) is 10.6 Å². The van der Waals surface area contributed by atoms with Gasteiger partial charge >= 0.3 is 0 Å². The van der Waals surface area contributed by atoms with Crippen molar-refractivity contribution in [2.24, 2.45) is 0 Å². The average Bonchev–Trinajstić information content (AvgIpc) is 2.37. The number of ether oxygens (including phenoxy) is 1. The van der Waals surface area contributed by atoms with Gasteiger partial charge in [0.2, 0.25) is 0 Å². The topological polar surface area (TPSA) is 55.5 Å². The second-order valence-corrected chi connectivity index (χ2v) is 4.89. The number of phenols is 1. The third kappa shape index (κ3) is 3.11. The molecule has 0 bridgehead atoms. The first-order valence-corrected chi connectivity index (χ1v) is 6.52. The Morgan fingerprint density at radius 3 is 2.78 bits per heavy atom. The highest BCUT2D eigenvalue weighted by Crippen LogP contribution is 2.33. The van der Waals surface area contributed by atoms with Crippen molar-refractivity contribution in [1.29, 1.82) is 0 Å². The molecule has 0 aliphatic heterocycles. The van der Waals surface area contributed by atoms with Crippen molar-refractivity contribution in [3.05, 3.63) is 48.0 Å². The monoisotopic (exact) mass is 261 g/mol. The molecule has 0 amide bonds. The van der Waals surface area contributed by atoms with Gasteiger partial charge in [0.25, 0.3) is 0 Å². The molecule has 18 heavy (non-hydrogen) atoms. The summed E-state index contributed by atoms with van der Waals surface area (Å²) in [6, 6.07) is 12.9. The van der Waals surface area contributed by atoms with E-state index in [1.165, 1.54) is 0 Å². The lowest BCUT2D eigenvalue weighted by molar-refractivity contribution is 0.405. The zero-order chi connectivity index (χ0) is 13.0. The fraction of sp³-hybridized carbons (Fsp3) is 0.143. The van der Waals surface area contributed by atoms with E-state index in [1.54, 1.807) is 31.0 Å². The van der Waals surface area contributed by atoms with Crippen LogP contribution in [0.25, 0.3) is 0 Å². The van der Waals surface area contributed by atoms with Gasteiger partial charge in [-0.2, -0.15) is 0 Å². The largest absolute Gasteiger partial charge is 0.508 e. The van der Waals surface area contributed by atoms with E-state index in [4.69, 9.17) is 10.5 Å². The zero-order valence-corrected chi connectivity index (χ0v) is 10.9. The van der Waals surface area contributed by atoms with Gasteiger partial charge in [-0.1, -0.05) is 12.1 Å². The second kappa shape index (κ2) is 5.69. The van der Waals surface area contributed by atoms with Crippen molar-refractivity contribution in [2.75, 3.05) is 12.8 Å². The number of aromatic hydroxyl groups is 1. The van der Waals surface area contributed by atoms with Gasteiger partial charge in [0.1, 0.15) is 11.5 Å². The average molecular weight is 261 g/mol. The fourth-order valence-electron chi connectivity index (χ4n) is 1.61. The molecule has 0 fully saturated rings. The van der Waals surface area contributed by atoms with Crippen LogP contribution in [0.3, 0.4) is 0 Å². The molecule has 2 aromatic rings. The summed E-state index contributed by atoms with van der Waals surface area (Å²) >= 11 is 1.65. The van der Waals surface area contributed by atoms with Crippen LogP contribution in [-0.2, 0) is 5.75 Å². The third-order valence-electron chi connectivity index (χ3n) is 2.49. The van der Waals surface area contributed by atoms with Gasteiger partial charge < -0.3 is 15.6 Å². The fourth-order valence-corrected chi connectivity index (χ4v) is 2.56. The predicted molar refractivity (Wildman–Crippen MR) is 75.1 cm³/mol. The van der Waals surface area contributed by atoms with Crippen LogP contribution in [0.5, 0.6) is 11.5 Å². The van der Waals surface area contributed by atoms with Gasteiger partial charge in [0, 0.05) is 22.4 Å². The molecular weight excluding hydrogens is 246 g/mol. The normalized spacial score (nSPS) is 10.3. The Morgan fingerprint density at radius 1 is 1.22 bits per heavy atom. The van der Waals surface area contributed by atoms with Crippen LogP contribution < -0.4 is 10.5 Å². The number of phenolic OH excluding ortho intramolecular Hbond substituents is 1. The lowest BCUT2D eigenvalue weighted by Gasteiger charge is -2.09. The van der Waals surface area contributed by atoms with Crippen LogP contribution in [0.1, 0.15) is 5.56 Å². The molecule has 2 rings (SSSR count). The van der Waals surface area contributed by atoms with E-state index in [0.717, 1.165) is 22.0 Å². The molecule has 3 N–H and O–H groups in total. The summed E-state index contributed by atoms with van der Waals surface area (Å²) < 4.78 is 5.29. The van der Waals surface area contributed by atoms with Crippen molar-refractivity contribution in [3.63, 3.8) is 0 Å². The maximum atomic E-state index is 9.40. The SMILES string of the molecule is COc1cc(N)ccc1SCc1cccc(O)c1. The maximum Gasteiger partial charge on any atom is 0.134 e. The molecule has 2 aromatic carbocycles. The lowest BCUT2D eigenvalue weighted by atomic mass is 10.2. The van der Waals surface area contributed by atoms with E-state index in [-0.39, 0.29) is 5.75 Å². The van der Waals surface area contributed by atoms with Gasteiger partial charge in [-0.25, -0.2) is 0 Å². The summed E-state index contributed by atoms with van der Waals surface area (Å²) in [7, 11) is 1.63. The quantitative estimate of drug-likeness (QED) is 0.655. The van der Waals surface area contributed by atoms with Crippen LogP contribution in [0.15, 0.2) is 47.4 Å². The number of benzene rings is 2. The van der Waals surface area contributed by atoms with Crippen LogP contribution in [0.2, 0.25) is 0 Å². The van der Waals surface area contributed by atoms with Crippen molar-refractivity contribution in [3.8, 4) is 11.5 Å². The standard InChI is InChI=1S/C14H15NO2S/c1-17-13-8-11(15)5-6-14(13)18-9-10-3-2-4-12(16)7-10/h2-8,16H,9,15H2,1H3. The minimum Gasteiger partial charge on any atom is -0.508 e. The van der Waals surface area contributed by atoms with Gasteiger partial charge in [0.15, 0.2) is 0 Å². The van der Waals surface area contributed by atoms with Gasteiger partial charge in [-0.3, -0.25) is 0 Å². The number of hydrogen-bond donors (Lipinski definition) is 2. The van der Waals surface area contributed by atoms with Crippen LogP contribution in [0.4, 0.5) is 5.69 Å². The van der Waals surface area contributed by atoms with Crippen molar-refractivity contribution in [1.82, 2.24) is 0 Å². The molecule has 0 spiro atoms. The zero-order valence-electron chi connectivity index (χ0n) is 10.1. The Hall–Kier alpha value is -1.81. The van der Waals surface area contributed by atoms with E-state index < -0.39 is 0 Å². The van der Waals surface area contributed by atoms with Gasteiger partial charge in [-0.15, -0.1) is 11.8 Å². The highest BCUT2D eigenvalue weighted by atomic mass is 32.2. The summed E-state index contributed by atoms with van der Waals surface area (Å²) in [5.41, 5.74) is 7.46. The molecule has 0 atom stereocenters. The van der Waals surface area contributed by atoms with E-state index in [2.05, 4.69) is 0 Å². The number of anilines is 1. The second-order valence-electron chi connectivity index (χ2n) is 3.87. The van der Waals surface area contributed by atoms with Crippen molar-refractivity contribution >= 4 is 17.4 Å². The van der Waals surface area contributed by atoms with E-state index in [9.17, 15) is 5.11 Å². The number of hydrogen-bond acceptors (Lipinski definition) is 4. The minimum atomic E-state index is 0.289. The van der Waals surface area contributed by atoms with Gasteiger partial charge in [0.05, 0.1) is 7.11 Å². The summed E-state index contributed by atoms with van der Waals surface area (Å²) in [5, 5.41) is 9.40. The lowest BCUT2D eigenvalue weighted by Crippen LogP contribution is -1.90. The molecule has 0 radical (unpaired) electrons. The first-order valence-electron chi connectivity index (χ1n) is 5.53. The highest BCUT2D eigenvalue weighted by Gasteiger charge is 2.04. The minimum absolute atomic E-state index is 0.289. The molecule has 0 heterocycles. The summed E-state index contributed by atoms with van der Waals surface area (Å²) in [4.78, 5) is 1.04. The molecule has 0 saturated carbocycles. The van der Waals surface area contributed by atoms with Crippen LogP contribution >= 0.6 is 11.8 Å². The number of rotatable bonds is 4. The van der Waals surface area contributed by atoms with E-state index >= 15 is 0 Å². The number of methoxy groups -OCH3 is 1. The maximum absolute atomic E-state index is 9.40. The molecule has 0 aliphatic carbocycles. The van der Waals surface area contributed by atoms with Crippen LogP contribution in [0, 0.1) is 0 Å². The van der Waals surface area contributed by atoms with Crippen LogP contribution in [-0.4, -0.2) is 12.2 Å². The Kier molecular flexibility index (Phi) is 3.99. The summed E-state index contributed by atoms with van der Waals surface area (Å²) in [6.07, 6.45) is 0. The molecule has 0 saturated heterocycles. The first kappa shape index (κ1) is 12.6. The first-order chi connectivity index (χ1) is 8.69. The Labute approximate surface area is 111 Å².